The van der Waals surface area contributed by atoms with E-state index in [1.807, 2.05) is 0 Å². The number of benzene rings is 1. The van der Waals surface area contributed by atoms with E-state index in [1.165, 1.54) is 14.0 Å². The van der Waals surface area contributed by atoms with Gasteiger partial charge in [0.05, 0.1) is 12.9 Å². The maximum absolute atomic E-state index is 12.2. The van der Waals surface area contributed by atoms with E-state index < -0.39 is 27.7 Å². The van der Waals surface area contributed by atoms with Gasteiger partial charge in [0.15, 0.2) is 0 Å². The predicted octanol–water partition coefficient (Wildman–Crippen LogP) is 0.573. The molecule has 0 aliphatic rings. The average Bonchev–Trinajstić information content (AvgIpc) is 2.43. The number of methoxy groups -OCH3 is 1. The molecule has 1 aromatic carbocycles. The van der Waals surface area contributed by atoms with Gasteiger partial charge in [-0.1, -0.05) is 0 Å². The Balaban J connectivity index is 2.75. The number of amides is 2. The fourth-order valence-electron chi connectivity index (χ4n) is 1.75. The third-order valence-electron chi connectivity index (χ3n) is 2.83. The van der Waals surface area contributed by atoms with E-state index in [0.717, 1.165) is 6.26 Å². The third kappa shape index (κ3) is 6.57. The molecule has 0 aliphatic carbocycles. The zero-order valence-electron chi connectivity index (χ0n) is 12.8. The van der Waals surface area contributed by atoms with E-state index in [9.17, 15) is 18.0 Å². The van der Waals surface area contributed by atoms with Crippen LogP contribution >= 0.6 is 0 Å². The lowest BCUT2D eigenvalue weighted by Gasteiger charge is -2.17. The van der Waals surface area contributed by atoms with Gasteiger partial charge in [-0.05, 0) is 30.7 Å². The second kappa shape index (κ2) is 7.79. The summed E-state index contributed by atoms with van der Waals surface area (Å²) in [7, 11) is -1.68. The Morgan fingerprint density at radius 2 is 1.82 bits per heavy atom. The smallest absolute Gasteiger partial charge is 0.246 e. The summed E-state index contributed by atoms with van der Waals surface area (Å²) in [5, 5.41) is 5.09. The van der Waals surface area contributed by atoms with Crippen LogP contribution in [-0.2, 0) is 19.4 Å². The first kappa shape index (κ1) is 18.0. The Labute approximate surface area is 130 Å². The summed E-state index contributed by atoms with van der Waals surface area (Å²) in [6.45, 7) is 1.27. The lowest BCUT2D eigenvalue weighted by atomic mass is 10.2. The maximum Gasteiger partial charge on any atom is 0.246 e. The molecule has 2 N–H and O–H groups in total. The summed E-state index contributed by atoms with van der Waals surface area (Å²) in [5.41, 5.74) is 0.528. The van der Waals surface area contributed by atoms with Crippen molar-refractivity contribution < 1.29 is 22.7 Å². The first-order chi connectivity index (χ1) is 10.2. The predicted molar refractivity (Wildman–Crippen MR) is 83.6 cm³/mol. The van der Waals surface area contributed by atoms with Crippen LogP contribution in [0.4, 0.5) is 5.69 Å². The molecule has 1 rings (SSSR count). The van der Waals surface area contributed by atoms with Gasteiger partial charge < -0.3 is 15.4 Å². The van der Waals surface area contributed by atoms with Crippen molar-refractivity contribution in [1.82, 2.24) is 5.32 Å². The highest BCUT2D eigenvalue weighted by molar-refractivity contribution is 7.90. The molecule has 22 heavy (non-hydrogen) atoms. The number of hydrogen-bond acceptors (Lipinski definition) is 5. The maximum atomic E-state index is 12.2. The van der Waals surface area contributed by atoms with Crippen LogP contribution in [-0.4, -0.2) is 45.4 Å². The Morgan fingerprint density at radius 1 is 1.23 bits per heavy atom. The van der Waals surface area contributed by atoms with Crippen molar-refractivity contribution in [2.45, 2.75) is 19.4 Å². The van der Waals surface area contributed by atoms with Gasteiger partial charge in [-0.3, -0.25) is 9.59 Å². The van der Waals surface area contributed by atoms with E-state index in [1.54, 1.807) is 24.3 Å². The minimum Gasteiger partial charge on any atom is -0.497 e. The van der Waals surface area contributed by atoms with Crippen LogP contribution < -0.4 is 15.4 Å². The molecular formula is C14H20N2O5S. The Morgan fingerprint density at radius 3 is 2.27 bits per heavy atom. The molecule has 1 aromatic rings. The highest BCUT2D eigenvalue weighted by Gasteiger charge is 2.21. The van der Waals surface area contributed by atoms with Gasteiger partial charge >= 0.3 is 0 Å². The molecule has 0 radical (unpaired) electrons. The van der Waals surface area contributed by atoms with E-state index >= 15 is 0 Å². The number of anilines is 1. The van der Waals surface area contributed by atoms with Crippen molar-refractivity contribution in [3.05, 3.63) is 24.3 Å². The van der Waals surface area contributed by atoms with Gasteiger partial charge in [-0.15, -0.1) is 0 Å². The topological polar surface area (TPSA) is 102 Å². The number of sulfone groups is 1. The number of carbonyl (C=O) groups excluding carboxylic acids is 2. The lowest BCUT2D eigenvalue weighted by molar-refractivity contribution is -0.125. The summed E-state index contributed by atoms with van der Waals surface area (Å²) < 4.78 is 27.4. The van der Waals surface area contributed by atoms with Crippen LogP contribution in [0.2, 0.25) is 0 Å². The zero-order chi connectivity index (χ0) is 16.8. The molecule has 7 nitrogen and oxygen atoms in total. The second-order valence-electron chi connectivity index (χ2n) is 4.89. The fourth-order valence-corrected chi connectivity index (χ4v) is 2.41. The fraction of sp³-hybridized carbons (Fsp3) is 0.429. The molecule has 0 spiro atoms. The largest absolute Gasteiger partial charge is 0.497 e. The summed E-state index contributed by atoms with van der Waals surface area (Å²) in [4.78, 5) is 23.3. The molecule has 0 saturated heterocycles. The molecule has 0 fully saturated rings. The molecule has 8 heteroatoms. The Kier molecular flexibility index (Phi) is 6.36. The number of rotatable bonds is 7. The quantitative estimate of drug-likeness (QED) is 0.762. The first-order valence-electron chi connectivity index (χ1n) is 6.61. The van der Waals surface area contributed by atoms with E-state index in [2.05, 4.69) is 10.6 Å². The second-order valence-corrected chi connectivity index (χ2v) is 7.15. The summed E-state index contributed by atoms with van der Waals surface area (Å²) in [6.07, 6.45) is 1.10. The standard InChI is InChI=1S/C14H20N2O5S/c1-10(17)15-13(8-9-22(3,19)20)14(18)16-11-4-6-12(21-2)7-5-11/h4-7,13H,8-9H2,1-3H3,(H,15,17)(H,16,18)/t13-/m1/s1. The minimum atomic E-state index is -3.22. The number of hydrogen-bond donors (Lipinski definition) is 2. The van der Waals surface area contributed by atoms with E-state index in [4.69, 9.17) is 4.74 Å². The minimum absolute atomic E-state index is 0.0143. The highest BCUT2D eigenvalue weighted by Crippen LogP contribution is 2.15. The summed E-state index contributed by atoms with van der Waals surface area (Å²) in [5.74, 6) is -0.408. The molecule has 122 valence electrons. The number of nitrogens with one attached hydrogen (secondary N) is 2. The normalized spacial score (nSPS) is 12.3. The monoisotopic (exact) mass is 328 g/mol. The van der Waals surface area contributed by atoms with Crippen molar-refractivity contribution in [3.63, 3.8) is 0 Å². The van der Waals surface area contributed by atoms with Gasteiger partial charge in [0.2, 0.25) is 11.8 Å². The lowest BCUT2D eigenvalue weighted by Crippen LogP contribution is -2.43. The van der Waals surface area contributed by atoms with Crippen molar-refractivity contribution in [3.8, 4) is 5.75 Å². The molecule has 0 heterocycles. The SMILES string of the molecule is COc1ccc(NC(=O)[C@@H](CCS(C)(=O)=O)NC(C)=O)cc1. The van der Waals surface area contributed by atoms with E-state index in [-0.39, 0.29) is 12.2 Å². The van der Waals surface area contributed by atoms with Crippen molar-refractivity contribution in [1.29, 1.82) is 0 Å². The van der Waals surface area contributed by atoms with Crippen LogP contribution in [0, 0.1) is 0 Å². The van der Waals surface area contributed by atoms with Gasteiger partial charge in [-0.2, -0.15) is 0 Å². The van der Waals surface area contributed by atoms with Gasteiger partial charge in [0.25, 0.3) is 0 Å². The van der Waals surface area contributed by atoms with Crippen LogP contribution in [0.25, 0.3) is 0 Å². The highest BCUT2D eigenvalue weighted by atomic mass is 32.2. The van der Waals surface area contributed by atoms with Crippen LogP contribution in [0.1, 0.15) is 13.3 Å². The van der Waals surface area contributed by atoms with Crippen molar-refractivity contribution in [2.24, 2.45) is 0 Å². The molecule has 0 aliphatic heterocycles. The number of carbonyl (C=O) groups is 2. The van der Waals surface area contributed by atoms with Crippen LogP contribution in [0.5, 0.6) is 5.75 Å². The van der Waals surface area contributed by atoms with Crippen molar-refractivity contribution in [2.75, 3.05) is 24.4 Å². The zero-order valence-corrected chi connectivity index (χ0v) is 13.6. The third-order valence-corrected chi connectivity index (χ3v) is 3.81. The van der Waals surface area contributed by atoms with Gasteiger partial charge in [0.1, 0.15) is 21.6 Å². The van der Waals surface area contributed by atoms with Crippen molar-refractivity contribution >= 4 is 27.3 Å². The molecule has 0 unspecified atom stereocenters. The Hall–Kier alpha value is -2.09. The molecule has 1 atom stereocenters. The van der Waals surface area contributed by atoms with Gasteiger partial charge in [-0.25, -0.2) is 8.42 Å². The van der Waals surface area contributed by atoms with Gasteiger partial charge in [0, 0.05) is 18.9 Å². The summed E-state index contributed by atoms with van der Waals surface area (Å²) >= 11 is 0. The average molecular weight is 328 g/mol. The first-order valence-corrected chi connectivity index (χ1v) is 8.67. The molecule has 2 amide bonds. The summed E-state index contributed by atoms with van der Waals surface area (Å²) in [6, 6.07) is 5.75. The number of ether oxygens (including phenoxy) is 1. The molecular weight excluding hydrogens is 308 g/mol. The van der Waals surface area contributed by atoms with E-state index in [0.29, 0.717) is 11.4 Å². The molecule has 0 bridgehead atoms. The van der Waals surface area contributed by atoms with Crippen LogP contribution in [0.15, 0.2) is 24.3 Å². The molecule has 0 saturated carbocycles. The Bertz CT molecular complexity index is 625. The molecule has 0 aromatic heterocycles. The van der Waals surface area contributed by atoms with Crippen LogP contribution in [0.3, 0.4) is 0 Å².